The predicted octanol–water partition coefficient (Wildman–Crippen LogP) is 3.92. The lowest BCUT2D eigenvalue weighted by Gasteiger charge is -2.22. The molecule has 0 spiro atoms. The van der Waals surface area contributed by atoms with Gasteiger partial charge in [-0.1, -0.05) is 32.6 Å². The number of aromatic nitrogens is 1. The number of nitrogens with zero attached hydrogens (tertiary/aromatic N) is 1. The van der Waals surface area contributed by atoms with Gasteiger partial charge in [0.25, 0.3) is 0 Å². The predicted molar refractivity (Wildman–Crippen MR) is 97.8 cm³/mol. The number of hydrazine groups is 1. The van der Waals surface area contributed by atoms with Crippen molar-refractivity contribution in [2.45, 2.75) is 33.1 Å². The van der Waals surface area contributed by atoms with E-state index in [-0.39, 0.29) is 0 Å². The third-order valence-corrected chi connectivity index (χ3v) is 4.16. The Balaban J connectivity index is 2.37. The smallest absolute Gasteiger partial charge is 0.0752 e. The Morgan fingerprint density at radius 3 is 2.74 bits per heavy atom. The van der Waals surface area contributed by atoms with Crippen molar-refractivity contribution in [3.63, 3.8) is 0 Å². The third kappa shape index (κ3) is 3.66. The quantitative estimate of drug-likeness (QED) is 0.570. The Kier molecular flexibility index (Phi) is 5.29. The Morgan fingerprint density at radius 2 is 2.17 bits per heavy atom. The van der Waals surface area contributed by atoms with Crippen molar-refractivity contribution in [3.8, 4) is 0 Å². The highest BCUT2D eigenvalue weighted by atomic mass is 15.4. The first kappa shape index (κ1) is 16.9. The molecule has 0 aromatic carbocycles. The van der Waals surface area contributed by atoms with Gasteiger partial charge >= 0.3 is 0 Å². The molecule has 2 rings (SSSR count). The average Bonchev–Trinajstić information content (AvgIpc) is 2.99. The van der Waals surface area contributed by atoms with Gasteiger partial charge in [0.15, 0.2) is 0 Å². The fraction of sp³-hybridized carbons (Fsp3) is 0.263. The highest BCUT2D eigenvalue weighted by molar-refractivity contribution is 5.66. The largest absolute Gasteiger partial charge is 0.401 e. The van der Waals surface area contributed by atoms with Crippen molar-refractivity contribution in [1.82, 2.24) is 9.99 Å². The van der Waals surface area contributed by atoms with Gasteiger partial charge in [0.2, 0.25) is 0 Å². The lowest BCUT2D eigenvalue weighted by atomic mass is 9.97. The number of aromatic amines is 1. The molecule has 0 amide bonds. The van der Waals surface area contributed by atoms with E-state index in [9.17, 15) is 0 Å². The number of allylic oxidation sites excluding steroid dienone is 6. The number of hydrogen-bond donors (Lipinski definition) is 3. The molecule has 122 valence electrons. The molecule has 0 saturated heterocycles. The first-order chi connectivity index (χ1) is 11.0. The summed E-state index contributed by atoms with van der Waals surface area (Å²) < 4.78 is 0. The maximum atomic E-state index is 6.04. The van der Waals surface area contributed by atoms with Crippen LogP contribution in [-0.4, -0.2) is 9.99 Å². The van der Waals surface area contributed by atoms with Gasteiger partial charge in [-0.25, -0.2) is 5.84 Å². The van der Waals surface area contributed by atoms with E-state index < -0.39 is 0 Å². The maximum absolute atomic E-state index is 6.04. The molecule has 2 heterocycles. The highest BCUT2D eigenvalue weighted by Crippen LogP contribution is 2.27. The number of nitrogens with one attached hydrogen (secondary N) is 1. The van der Waals surface area contributed by atoms with Crippen molar-refractivity contribution in [3.05, 3.63) is 77.1 Å². The van der Waals surface area contributed by atoms with E-state index in [1.165, 1.54) is 11.3 Å². The van der Waals surface area contributed by atoms with Crippen LogP contribution in [0.4, 0.5) is 0 Å². The normalized spacial score (nSPS) is 18.7. The fourth-order valence-electron chi connectivity index (χ4n) is 2.60. The first-order valence-electron chi connectivity index (χ1n) is 7.89. The molecule has 0 radical (unpaired) electrons. The number of rotatable bonds is 5. The van der Waals surface area contributed by atoms with Crippen LogP contribution in [0.15, 0.2) is 65.8 Å². The van der Waals surface area contributed by atoms with Crippen molar-refractivity contribution < 1.29 is 0 Å². The zero-order valence-corrected chi connectivity index (χ0v) is 14.1. The first-order valence-corrected chi connectivity index (χ1v) is 7.89. The van der Waals surface area contributed by atoms with Crippen molar-refractivity contribution in [2.75, 3.05) is 0 Å². The summed E-state index contributed by atoms with van der Waals surface area (Å²) >= 11 is 0. The third-order valence-electron chi connectivity index (χ3n) is 4.16. The monoisotopic (exact) mass is 310 g/mol. The molecule has 1 aliphatic rings. The summed E-state index contributed by atoms with van der Waals surface area (Å²) in [4.78, 5) is 3.34. The molecule has 0 saturated carbocycles. The highest BCUT2D eigenvalue weighted by Gasteiger charge is 2.13. The maximum Gasteiger partial charge on any atom is 0.0752 e. The van der Waals surface area contributed by atoms with Crippen molar-refractivity contribution in [1.29, 1.82) is 0 Å². The summed E-state index contributed by atoms with van der Waals surface area (Å²) in [6, 6.07) is 2.09. The molecule has 1 atom stereocenters. The minimum Gasteiger partial charge on any atom is -0.401 e. The molecule has 1 aromatic rings. The molecule has 1 aliphatic heterocycles. The summed E-state index contributed by atoms with van der Waals surface area (Å²) in [6.07, 6.45) is 12.9. The standard InChI is InChI=1S/C19H26N4/c1-5-13(3)19-16(9-10-22-19)11-15(6-2)17-7-8-18(14(4)20)23(21)12-17/h6-13,22H,2,5,20-21H2,1,3-4H3/b15-11+,18-14-. The van der Waals surface area contributed by atoms with Gasteiger partial charge in [0.05, 0.1) is 5.70 Å². The van der Waals surface area contributed by atoms with Gasteiger partial charge in [0.1, 0.15) is 0 Å². The van der Waals surface area contributed by atoms with Crippen LogP contribution in [0.2, 0.25) is 0 Å². The summed E-state index contributed by atoms with van der Waals surface area (Å²) in [5.74, 6) is 6.52. The Morgan fingerprint density at radius 1 is 1.43 bits per heavy atom. The summed E-state index contributed by atoms with van der Waals surface area (Å²) in [5, 5.41) is 1.55. The van der Waals surface area contributed by atoms with Crippen molar-refractivity contribution >= 4 is 6.08 Å². The lowest BCUT2D eigenvalue weighted by molar-refractivity contribution is 0.495. The summed E-state index contributed by atoms with van der Waals surface area (Å²) in [5.41, 5.74) is 11.8. The van der Waals surface area contributed by atoms with Gasteiger partial charge in [0, 0.05) is 23.8 Å². The van der Waals surface area contributed by atoms with Crippen LogP contribution in [0.1, 0.15) is 44.4 Å². The molecule has 0 aliphatic carbocycles. The van der Waals surface area contributed by atoms with Crippen LogP contribution < -0.4 is 11.6 Å². The number of hydrogen-bond acceptors (Lipinski definition) is 3. The van der Waals surface area contributed by atoms with Crippen LogP contribution in [0.5, 0.6) is 0 Å². The zero-order chi connectivity index (χ0) is 17.0. The lowest BCUT2D eigenvalue weighted by Crippen LogP contribution is -2.28. The molecule has 4 nitrogen and oxygen atoms in total. The Labute approximate surface area is 138 Å². The van der Waals surface area contributed by atoms with E-state index in [1.807, 2.05) is 37.5 Å². The molecular formula is C19H26N4. The molecule has 4 heteroatoms. The van der Waals surface area contributed by atoms with E-state index >= 15 is 0 Å². The van der Waals surface area contributed by atoms with Crippen LogP contribution in [0, 0.1) is 0 Å². The van der Waals surface area contributed by atoms with Gasteiger partial charge in [-0.15, -0.1) is 0 Å². The molecule has 5 N–H and O–H groups in total. The fourth-order valence-corrected chi connectivity index (χ4v) is 2.60. The number of H-pyrrole nitrogens is 1. The van der Waals surface area contributed by atoms with Gasteiger partial charge < -0.3 is 10.7 Å². The molecule has 23 heavy (non-hydrogen) atoms. The SMILES string of the molecule is C=C/C(=C\c1cc[nH]c1C(C)CC)C1=CN(N)/C(=C(/C)N)C=C1. The second-order valence-corrected chi connectivity index (χ2v) is 5.85. The second-order valence-electron chi connectivity index (χ2n) is 5.85. The Bertz CT molecular complexity index is 697. The average molecular weight is 310 g/mol. The number of nitrogens with two attached hydrogens (primary N) is 2. The molecule has 1 aromatic heterocycles. The van der Waals surface area contributed by atoms with E-state index in [0.717, 1.165) is 23.3 Å². The Hall–Kier alpha value is -2.46. The molecule has 0 bridgehead atoms. The topological polar surface area (TPSA) is 71.1 Å². The molecular weight excluding hydrogens is 284 g/mol. The van der Waals surface area contributed by atoms with Gasteiger partial charge in [-0.3, -0.25) is 5.01 Å². The summed E-state index contributed by atoms with van der Waals surface area (Å²) in [7, 11) is 0. The van der Waals surface area contributed by atoms with Crippen LogP contribution in [-0.2, 0) is 0 Å². The van der Waals surface area contributed by atoms with E-state index in [2.05, 4.69) is 37.6 Å². The van der Waals surface area contributed by atoms with E-state index in [1.54, 1.807) is 5.01 Å². The van der Waals surface area contributed by atoms with E-state index in [4.69, 9.17) is 11.6 Å². The minimum atomic E-state index is 0.485. The van der Waals surface area contributed by atoms with Crippen LogP contribution in [0.3, 0.4) is 0 Å². The molecule has 1 unspecified atom stereocenters. The van der Waals surface area contributed by atoms with Gasteiger partial charge in [-0.2, -0.15) is 0 Å². The molecule has 0 fully saturated rings. The minimum absolute atomic E-state index is 0.485. The van der Waals surface area contributed by atoms with Crippen LogP contribution in [0.25, 0.3) is 6.08 Å². The second kappa shape index (κ2) is 7.20. The van der Waals surface area contributed by atoms with Crippen molar-refractivity contribution in [2.24, 2.45) is 11.6 Å². The van der Waals surface area contributed by atoms with Crippen LogP contribution >= 0.6 is 0 Å². The zero-order valence-electron chi connectivity index (χ0n) is 14.1. The van der Waals surface area contributed by atoms with Gasteiger partial charge in [-0.05, 0) is 54.2 Å². The van der Waals surface area contributed by atoms with E-state index in [0.29, 0.717) is 11.6 Å². The summed E-state index contributed by atoms with van der Waals surface area (Å²) in [6.45, 7) is 10.2.